The molecular formula is C14H18Cl2N2O. The topological polar surface area (TPSA) is 32.3 Å². The molecule has 5 heteroatoms. The Kier molecular flexibility index (Phi) is 5.08. The highest BCUT2D eigenvalue weighted by Crippen LogP contribution is 2.30. The number of nitrogens with one attached hydrogen (secondary N) is 1. The standard InChI is InChI=1S/C14H18Cl2N2O/c1-17-5-2-3-14(19)18-6-4-10-7-11(15)8-13(16)12(10)9-18/h7-8,17H,2-6,9H2,1H3. The first-order valence-electron chi connectivity index (χ1n) is 6.51. The lowest BCUT2D eigenvalue weighted by molar-refractivity contribution is -0.132. The fourth-order valence-corrected chi connectivity index (χ4v) is 2.96. The summed E-state index contributed by atoms with van der Waals surface area (Å²) in [6, 6.07) is 3.70. The van der Waals surface area contributed by atoms with Crippen molar-refractivity contribution in [1.29, 1.82) is 0 Å². The molecule has 1 N–H and O–H groups in total. The average molecular weight is 301 g/mol. The third-order valence-corrected chi connectivity index (χ3v) is 3.98. The number of amides is 1. The number of benzene rings is 1. The summed E-state index contributed by atoms with van der Waals surface area (Å²) in [6.45, 7) is 2.22. The Balaban J connectivity index is 2.03. The van der Waals surface area contributed by atoms with E-state index in [-0.39, 0.29) is 5.91 Å². The molecule has 2 rings (SSSR count). The van der Waals surface area contributed by atoms with Gasteiger partial charge in [0.05, 0.1) is 0 Å². The number of carbonyl (C=O) groups excluding carboxylic acids is 1. The van der Waals surface area contributed by atoms with Crippen molar-refractivity contribution in [2.75, 3.05) is 20.1 Å². The second-order valence-corrected chi connectivity index (χ2v) is 5.64. The van der Waals surface area contributed by atoms with Gasteiger partial charge in [-0.25, -0.2) is 0 Å². The normalized spacial score (nSPS) is 14.4. The highest BCUT2D eigenvalue weighted by atomic mass is 35.5. The number of hydrogen-bond donors (Lipinski definition) is 1. The molecule has 1 aromatic rings. The third-order valence-electron chi connectivity index (χ3n) is 3.42. The van der Waals surface area contributed by atoms with Crippen molar-refractivity contribution in [2.45, 2.75) is 25.8 Å². The summed E-state index contributed by atoms with van der Waals surface area (Å²) in [5.41, 5.74) is 2.20. The Morgan fingerprint density at radius 2 is 2.21 bits per heavy atom. The van der Waals surface area contributed by atoms with E-state index in [0.29, 0.717) is 23.0 Å². The zero-order valence-corrected chi connectivity index (χ0v) is 12.5. The van der Waals surface area contributed by atoms with Gasteiger partial charge in [0.15, 0.2) is 0 Å². The number of nitrogens with zero attached hydrogens (tertiary/aromatic N) is 1. The third kappa shape index (κ3) is 3.62. The van der Waals surface area contributed by atoms with Gasteiger partial charge in [-0.15, -0.1) is 0 Å². The van der Waals surface area contributed by atoms with Crippen LogP contribution in [0.15, 0.2) is 12.1 Å². The van der Waals surface area contributed by atoms with E-state index in [9.17, 15) is 4.79 Å². The zero-order chi connectivity index (χ0) is 13.8. The summed E-state index contributed by atoms with van der Waals surface area (Å²) in [5.74, 6) is 0.201. The lowest BCUT2D eigenvalue weighted by Crippen LogP contribution is -2.36. The minimum atomic E-state index is 0.201. The lowest BCUT2D eigenvalue weighted by atomic mass is 9.99. The van der Waals surface area contributed by atoms with Crippen LogP contribution in [0.3, 0.4) is 0 Å². The predicted octanol–water partition coefficient (Wildman–Crippen LogP) is 2.88. The van der Waals surface area contributed by atoms with Crippen LogP contribution in [0.5, 0.6) is 0 Å². The molecule has 1 heterocycles. The van der Waals surface area contributed by atoms with Crippen molar-refractivity contribution in [3.63, 3.8) is 0 Å². The lowest BCUT2D eigenvalue weighted by Gasteiger charge is -2.29. The van der Waals surface area contributed by atoms with Crippen molar-refractivity contribution in [2.24, 2.45) is 0 Å². The number of halogens is 2. The minimum absolute atomic E-state index is 0.201. The summed E-state index contributed by atoms with van der Waals surface area (Å²) in [6.07, 6.45) is 2.28. The Labute approximate surface area is 123 Å². The number of rotatable bonds is 4. The second kappa shape index (κ2) is 6.60. The summed E-state index contributed by atoms with van der Waals surface area (Å²) >= 11 is 12.2. The van der Waals surface area contributed by atoms with E-state index in [1.165, 1.54) is 0 Å². The number of hydrogen-bond acceptors (Lipinski definition) is 2. The summed E-state index contributed by atoms with van der Waals surface area (Å²) in [4.78, 5) is 14.0. The summed E-state index contributed by atoms with van der Waals surface area (Å²) in [7, 11) is 1.89. The highest BCUT2D eigenvalue weighted by molar-refractivity contribution is 6.35. The van der Waals surface area contributed by atoms with E-state index in [0.717, 1.165) is 37.1 Å². The van der Waals surface area contributed by atoms with E-state index in [1.807, 2.05) is 18.0 Å². The highest BCUT2D eigenvalue weighted by Gasteiger charge is 2.22. The van der Waals surface area contributed by atoms with Crippen LogP contribution in [0.2, 0.25) is 10.0 Å². The largest absolute Gasteiger partial charge is 0.338 e. The fourth-order valence-electron chi connectivity index (χ4n) is 2.37. The van der Waals surface area contributed by atoms with Gasteiger partial charge >= 0.3 is 0 Å². The van der Waals surface area contributed by atoms with Gasteiger partial charge in [0, 0.05) is 29.6 Å². The monoisotopic (exact) mass is 300 g/mol. The van der Waals surface area contributed by atoms with Crippen molar-refractivity contribution in [3.05, 3.63) is 33.3 Å². The molecule has 0 radical (unpaired) electrons. The molecule has 0 spiro atoms. The molecule has 3 nitrogen and oxygen atoms in total. The molecule has 19 heavy (non-hydrogen) atoms. The molecule has 0 fully saturated rings. The van der Waals surface area contributed by atoms with E-state index in [4.69, 9.17) is 23.2 Å². The van der Waals surface area contributed by atoms with Crippen LogP contribution in [0, 0.1) is 0 Å². The Morgan fingerprint density at radius 1 is 1.42 bits per heavy atom. The first-order chi connectivity index (χ1) is 9.11. The molecule has 0 saturated carbocycles. The fraction of sp³-hybridized carbons (Fsp3) is 0.500. The van der Waals surface area contributed by atoms with Crippen LogP contribution < -0.4 is 5.32 Å². The maximum Gasteiger partial charge on any atom is 0.222 e. The molecular weight excluding hydrogens is 283 g/mol. The van der Waals surface area contributed by atoms with Crippen LogP contribution in [-0.2, 0) is 17.8 Å². The zero-order valence-electron chi connectivity index (χ0n) is 11.0. The van der Waals surface area contributed by atoms with Gasteiger partial charge in [0.1, 0.15) is 0 Å². The number of fused-ring (bicyclic) bond motifs is 1. The molecule has 0 unspecified atom stereocenters. The van der Waals surface area contributed by atoms with Crippen molar-refractivity contribution in [1.82, 2.24) is 10.2 Å². The molecule has 1 amide bonds. The smallest absolute Gasteiger partial charge is 0.222 e. The van der Waals surface area contributed by atoms with E-state index >= 15 is 0 Å². The molecule has 1 aliphatic rings. The summed E-state index contributed by atoms with van der Waals surface area (Å²) < 4.78 is 0. The van der Waals surface area contributed by atoms with Crippen LogP contribution in [-0.4, -0.2) is 30.9 Å². The maximum atomic E-state index is 12.1. The van der Waals surface area contributed by atoms with E-state index in [2.05, 4.69) is 5.32 Å². The van der Waals surface area contributed by atoms with Crippen molar-refractivity contribution < 1.29 is 4.79 Å². The molecule has 1 aliphatic heterocycles. The second-order valence-electron chi connectivity index (χ2n) is 4.80. The van der Waals surface area contributed by atoms with Gasteiger partial charge in [0.25, 0.3) is 0 Å². The van der Waals surface area contributed by atoms with Gasteiger partial charge < -0.3 is 10.2 Å². The Morgan fingerprint density at radius 3 is 2.95 bits per heavy atom. The average Bonchev–Trinajstić information content (AvgIpc) is 2.38. The quantitative estimate of drug-likeness (QED) is 0.867. The van der Waals surface area contributed by atoms with Crippen LogP contribution in [0.25, 0.3) is 0 Å². The molecule has 0 saturated heterocycles. The van der Waals surface area contributed by atoms with Gasteiger partial charge in [-0.3, -0.25) is 4.79 Å². The SMILES string of the molecule is CNCCCC(=O)N1CCc2cc(Cl)cc(Cl)c2C1. The Bertz CT molecular complexity index is 477. The molecule has 1 aromatic carbocycles. The van der Waals surface area contributed by atoms with Crippen LogP contribution in [0.1, 0.15) is 24.0 Å². The van der Waals surface area contributed by atoms with Gasteiger partial charge in [-0.05, 0) is 49.7 Å². The first kappa shape index (κ1) is 14.6. The summed E-state index contributed by atoms with van der Waals surface area (Å²) in [5, 5.41) is 4.38. The molecule has 0 aliphatic carbocycles. The first-order valence-corrected chi connectivity index (χ1v) is 7.26. The predicted molar refractivity (Wildman–Crippen MR) is 78.7 cm³/mol. The van der Waals surface area contributed by atoms with E-state index in [1.54, 1.807) is 6.07 Å². The van der Waals surface area contributed by atoms with Gasteiger partial charge in [0.2, 0.25) is 5.91 Å². The van der Waals surface area contributed by atoms with Crippen LogP contribution in [0.4, 0.5) is 0 Å². The van der Waals surface area contributed by atoms with Crippen LogP contribution >= 0.6 is 23.2 Å². The minimum Gasteiger partial charge on any atom is -0.338 e. The Hall–Kier alpha value is -0.770. The van der Waals surface area contributed by atoms with Crippen molar-refractivity contribution in [3.8, 4) is 0 Å². The maximum absolute atomic E-state index is 12.1. The molecule has 0 aromatic heterocycles. The molecule has 0 bridgehead atoms. The molecule has 104 valence electrons. The molecule has 0 atom stereocenters. The van der Waals surface area contributed by atoms with Gasteiger partial charge in [-0.2, -0.15) is 0 Å². The van der Waals surface area contributed by atoms with E-state index < -0.39 is 0 Å². The number of carbonyl (C=O) groups is 1. The van der Waals surface area contributed by atoms with Gasteiger partial charge in [-0.1, -0.05) is 23.2 Å². The van der Waals surface area contributed by atoms with Crippen molar-refractivity contribution >= 4 is 29.1 Å².